The topological polar surface area (TPSA) is 44.3 Å². The largest absolute Gasteiger partial charge is 0.384 e. The molecule has 0 saturated heterocycles. The van der Waals surface area contributed by atoms with Gasteiger partial charge in [0.1, 0.15) is 12.3 Å². The van der Waals surface area contributed by atoms with Gasteiger partial charge in [0.2, 0.25) is 0 Å². The van der Waals surface area contributed by atoms with Crippen molar-refractivity contribution in [3.63, 3.8) is 0 Å². The summed E-state index contributed by atoms with van der Waals surface area (Å²) in [5, 5.41) is 16.0. The van der Waals surface area contributed by atoms with Crippen molar-refractivity contribution in [2.75, 3.05) is 0 Å². The summed E-state index contributed by atoms with van der Waals surface area (Å²) in [6.07, 6.45) is 3.06. The highest BCUT2D eigenvalue weighted by molar-refractivity contribution is 5.32. The van der Waals surface area contributed by atoms with Crippen molar-refractivity contribution in [3.8, 4) is 0 Å². The number of benzene rings is 1. The molecule has 1 aliphatic heterocycles. The van der Waals surface area contributed by atoms with Crippen LogP contribution in [0.25, 0.3) is 0 Å². The van der Waals surface area contributed by atoms with Gasteiger partial charge in [0, 0.05) is 12.4 Å². The van der Waals surface area contributed by atoms with Crippen LogP contribution in [-0.4, -0.2) is 11.3 Å². The van der Waals surface area contributed by atoms with Gasteiger partial charge in [-0.1, -0.05) is 19.4 Å². The molecule has 1 heterocycles. The summed E-state index contributed by atoms with van der Waals surface area (Å²) < 4.78 is 27.0. The maximum Gasteiger partial charge on any atom is 0.162 e. The predicted octanol–water partition coefficient (Wildman–Crippen LogP) is 1.94. The van der Waals surface area contributed by atoms with Crippen LogP contribution in [0.2, 0.25) is 0 Å². The van der Waals surface area contributed by atoms with Gasteiger partial charge in [0.25, 0.3) is 0 Å². The molecule has 0 aliphatic carbocycles. The van der Waals surface area contributed by atoms with Crippen LogP contribution < -0.4 is 10.6 Å². The number of rotatable bonds is 4. The van der Waals surface area contributed by atoms with Crippen LogP contribution >= 0.6 is 0 Å². The molecule has 5 heteroatoms. The number of aliphatic hydroxyl groups excluding tert-OH is 1. The Morgan fingerprint density at radius 3 is 2.56 bits per heavy atom. The molecule has 1 unspecified atom stereocenters. The number of hydrogen-bond acceptors (Lipinski definition) is 3. The zero-order valence-corrected chi connectivity index (χ0v) is 10.1. The SMILES string of the molecule is CCCc1c(C(O)C2NC=CN2)ccc(F)c1F. The molecule has 0 aromatic heterocycles. The standard InChI is InChI=1S/C13H16F2N2O/c1-2-3-8-9(4-5-10(14)11(8)15)12(18)13-16-6-7-17-13/h4-7,12-13,16-18H,2-3H2,1H3. The predicted molar refractivity (Wildman–Crippen MR) is 64.5 cm³/mol. The monoisotopic (exact) mass is 254 g/mol. The zero-order valence-electron chi connectivity index (χ0n) is 10.1. The third-order valence-electron chi connectivity index (χ3n) is 3.00. The van der Waals surface area contributed by atoms with E-state index in [2.05, 4.69) is 10.6 Å². The van der Waals surface area contributed by atoms with Crippen molar-refractivity contribution >= 4 is 0 Å². The molecule has 18 heavy (non-hydrogen) atoms. The second kappa shape index (κ2) is 5.35. The molecule has 3 nitrogen and oxygen atoms in total. The molecule has 0 saturated carbocycles. The van der Waals surface area contributed by atoms with E-state index in [1.165, 1.54) is 6.07 Å². The van der Waals surface area contributed by atoms with Gasteiger partial charge in [0.05, 0.1) is 0 Å². The molecule has 0 bridgehead atoms. The summed E-state index contributed by atoms with van der Waals surface area (Å²) in [4.78, 5) is 0. The third-order valence-corrected chi connectivity index (χ3v) is 3.00. The van der Waals surface area contributed by atoms with E-state index in [0.717, 1.165) is 6.07 Å². The number of nitrogens with one attached hydrogen (secondary N) is 2. The molecule has 0 spiro atoms. The van der Waals surface area contributed by atoms with Crippen LogP contribution in [0.1, 0.15) is 30.6 Å². The van der Waals surface area contributed by atoms with Gasteiger partial charge in [-0.2, -0.15) is 0 Å². The van der Waals surface area contributed by atoms with Gasteiger partial charge in [-0.3, -0.25) is 0 Å². The molecule has 3 N–H and O–H groups in total. The van der Waals surface area contributed by atoms with Crippen molar-refractivity contribution in [1.29, 1.82) is 0 Å². The van der Waals surface area contributed by atoms with Crippen LogP contribution in [0.3, 0.4) is 0 Å². The minimum Gasteiger partial charge on any atom is -0.384 e. The van der Waals surface area contributed by atoms with Gasteiger partial charge < -0.3 is 15.7 Å². The highest BCUT2D eigenvalue weighted by Gasteiger charge is 2.25. The first-order chi connectivity index (χ1) is 8.65. The summed E-state index contributed by atoms with van der Waals surface area (Å²) in [7, 11) is 0. The Morgan fingerprint density at radius 1 is 1.28 bits per heavy atom. The Labute approximate surface area is 105 Å². The lowest BCUT2D eigenvalue weighted by molar-refractivity contribution is 0.129. The number of hydrogen-bond donors (Lipinski definition) is 3. The molecule has 1 aromatic rings. The lowest BCUT2D eigenvalue weighted by Crippen LogP contribution is -2.37. The highest BCUT2D eigenvalue weighted by atomic mass is 19.2. The Kier molecular flexibility index (Phi) is 3.81. The van der Waals surface area contributed by atoms with Crippen molar-refractivity contribution in [3.05, 3.63) is 47.3 Å². The first kappa shape index (κ1) is 12.8. The average molecular weight is 254 g/mol. The normalized spacial score (nSPS) is 16.4. The van der Waals surface area contributed by atoms with E-state index >= 15 is 0 Å². The summed E-state index contributed by atoms with van der Waals surface area (Å²) in [5.41, 5.74) is 0.671. The van der Waals surface area contributed by atoms with E-state index in [-0.39, 0.29) is 5.56 Å². The summed E-state index contributed by atoms with van der Waals surface area (Å²) in [6.45, 7) is 1.88. The summed E-state index contributed by atoms with van der Waals surface area (Å²) >= 11 is 0. The van der Waals surface area contributed by atoms with Crippen LogP contribution in [0.4, 0.5) is 8.78 Å². The van der Waals surface area contributed by atoms with E-state index in [1.807, 2.05) is 6.92 Å². The fourth-order valence-corrected chi connectivity index (χ4v) is 2.10. The fraction of sp³-hybridized carbons (Fsp3) is 0.385. The zero-order chi connectivity index (χ0) is 13.1. The minimum atomic E-state index is -0.934. The van der Waals surface area contributed by atoms with E-state index in [4.69, 9.17) is 0 Å². The van der Waals surface area contributed by atoms with E-state index in [1.54, 1.807) is 12.4 Å². The quantitative estimate of drug-likeness (QED) is 0.769. The van der Waals surface area contributed by atoms with Crippen molar-refractivity contribution in [2.24, 2.45) is 0 Å². The third kappa shape index (κ3) is 2.31. The minimum absolute atomic E-state index is 0.250. The second-order valence-electron chi connectivity index (χ2n) is 4.27. The fourth-order valence-electron chi connectivity index (χ4n) is 2.10. The van der Waals surface area contributed by atoms with Gasteiger partial charge in [-0.05, 0) is 23.6 Å². The molecule has 0 fully saturated rings. The molecule has 2 rings (SSSR count). The summed E-state index contributed by atoms with van der Waals surface area (Å²) in [5.74, 6) is -1.74. The molecule has 1 atom stereocenters. The molecule has 0 radical (unpaired) electrons. The maximum atomic E-state index is 13.8. The van der Waals surface area contributed by atoms with Gasteiger partial charge >= 0.3 is 0 Å². The number of aliphatic hydroxyl groups is 1. The molecule has 1 aliphatic rings. The Hall–Kier alpha value is -1.62. The molecule has 1 aromatic carbocycles. The van der Waals surface area contributed by atoms with Gasteiger partial charge in [-0.25, -0.2) is 8.78 Å². The van der Waals surface area contributed by atoms with Gasteiger partial charge in [0.15, 0.2) is 11.6 Å². The molecule has 0 amide bonds. The van der Waals surface area contributed by atoms with E-state index in [9.17, 15) is 13.9 Å². The highest BCUT2D eigenvalue weighted by Crippen LogP contribution is 2.26. The van der Waals surface area contributed by atoms with Crippen molar-refractivity contribution in [1.82, 2.24) is 10.6 Å². The Bertz CT molecular complexity index is 455. The Morgan fingerprint density at radius 2 is 1.94 bits per heavy atom. The number of halogens is 2. The van der Waals surface area contributed by atoms with Crippen LogP contribution in [-0.2, 0) is 6.42 Å². The smallest absolute Gasteiger partial charge is 0.162 e. The average Bonchev–Trinajstić information content (AvgIpc) is 2.88. The second-order valence-corrected chi connectivity index (χ2v) is 4.27. The first-order valence-corrected chi connectivity index (χ1v) is 5.97. The lowest BCUT2D eigenvalue weighted by Gasteiger charge is -2.22. The molecular weight excluding hydrogens is 238 g/mol. The van der Waals surface area contributed by atoms with Crippen LogP contribution in [0, 0.1) is 11.6 Å². The van der Waals surface area contributed by atoms with Crippen molar-refractivity contribution in [2.45, 2.75) is 32.0 Å². The Balaban J connectivity index is 2.33. The molecular formula is C13H16F2N2O. The molecule has 98 valence electrons. The van der Waals surface area contributed by atoms with E-state index in [0.29, 0.717) is 18.4 Å². The van der Waals surface area contributed by atoms with Crippen LogP contribution in [0.5, 0.6) is 0 Å². The lowest BCUT2D eigenvalue weighted by atomic mass is 9.96. The maximum absolute atomic E-state index is 13.8. The van der Waals surface area contributed by atoms with E-state index < -0.39 is 23.9 Å². The first-order valence-electron chi connectivity index (χ1n) is 5.97. The van der Waals surface area contributed by atoms with Gasteiger partial charge in [-0.15, -0.1) is 0 Å². The van der Waals surface area contributed by atoms with Crippen LogP contribution in [0.15, 0.2) is 24.5 Å². The van der Waals surface area contributed by atoms with Crippen molar-refractivity contribution < 1.29 is 13.9 Å². The summed E-state index contributed by atoms with van der Waals surface area (Å²) in [6, 6.07) is 2.49.